The van der Waals surface area contributed by atoms with Gasteiger partial charge < -0.3 is 10.6 Å². The summed E-state index contributed by atoms with van der Waals surface area (Å²) >= 11 is 0. The summed E-state index contributed by atoms with van der Waals surface area (Å²) in [6.07, 6.45) is 3.47. The average Bonchev–Trinajstić information content (AvgIpc) is 2.77. The van der Waals surface area contributed by atoms with Crippen molar-refractivity contribution in [1.82, 2.24) is 15.5 Å². The first-order valence-electron chi connectivity index (χ1n) is 6.92. The number of amides is 1. The summed E-state index contributed by atoms with van der Waals surface area (Å²) in [6, 6.07) is 1.12. The highest BCUT2D eigenvalue weighted by Crippen LogP contribution is 2.22. The van der Waals surface area contributed by atoms with E-state index >= 15 is 0 Å². The van der Waals surface area contributed by atoms with Crippen molar-refractivity contribution in [1.29, 1.82) is 0 Å². The third kappa shape index (κ3) is 3.19. The van der Waals surface area contributed by atoms with E-state index in [1.54, 1.807) is 6.92 Å². The highest BCUT2D eigenvalue weighted by Gasteiger charge is 2.32. The molecule has 2 aliphatic heterocycles. The van der Waals surface area contributed by atoms with Crippen LogP contribution in [0.1, 0.15) is 33.1 Å². The van der Waals surface area contributed by atoms with Crippen molar-refractivity contribution in [3.05, 3.63) is 0 Å². The lowest BCUT2D eigenvalue weighted by Crippen LogP contribution is -2.49. The molecule has 2 atom stereocenters. The number of piperidine rings is 1. The third-order valence-electron chi connectivity index (χ3n) is 4.23. The van der Waals surface area contributed by atoms with Gasteiger partial charge in [0, 0.05) is 38.6 Å². The molecule has 2 fully saturated rings. The first-order chi connectivity index (χ1) is 8.20. The molecule has 2 heterocycles. The number of carbonyl (C=O) groups excluding carboxylic acids is 1. The molecule has 1 amide bonds. The zero-order chi connectivity index (χ0) is 12.3. The predicted molar refractivity (Wildman–Crippen MR) is 68.9 cm³/mol. The predicted octanol–water partition coefficient (Wildman–Crippen LogP) is 0.585. The zero-order valence-electron chi connectivity index (χ0n) is 11.0. The Morgan fingerprint density at radius 1 is 1.35 bits per heavy atom. The minimum absolute atomic E-state index is 0.109. The quantitative estimate of drug-likeness (QED) is 0.757. The summed E-state index contributed by atoms with van der Waals surface area (Å²) in [5, 5.41) is 6.54. The van der Waals surface area contributed by atoms with Gasteiger partial charge in [-0.2, -0.15) is 0 Å². The Hall–Kier alpha value is -0.610. The van der Waals surface area contributed by atoms with Gasteiger partial charge in [-0.05, 0) is 25.3 Å². The van der Waals surface area contributed by atoms with Crippen LogP contribution in [0.15, 0.2) is 0 Å². The van der Waals surface area contributed by atoms with E-state index in [0.717, 1.165) is 44.4 Å². The van der Waals surface area contributed by atoms with Crippen LogP contribution < -0.4 is 10.6 Å². The van der Waals surface area contributed by atoms with E-state index in [0.29, 0.717) is 6.04 Å². The fourth-order valence-corrected chi connectivity index (χ4v) is 3.23. The molecule has 0 spiro atoms. The van der Waals surface area contributed by atoms with Crippen molar-refractivity contribution in [2.75, 3.05) is 26.2 Å². The van der Waals surface area contributed by atoms with Crippen LogP contribution in [0.5, 0.6) is 0 Å². The van der Waals surface area contributed by atoms with Crippen LogP contribution in [0.3, 0.4) is 0 Å². The summed E-state index contributed by atoms with van der Waals surface area (Å²) in [5.41, 5.74) is 0. The summed E-state index contributed by atoms with van der Waals surface area (Å²) < 4.78 is 0. The number of nitrogens with zero attached hydrogens (tertiary/aromatic N) is 1. The van der Waals surface area contributed by atoms with Crippen molar-refractivity contribution >= 4 is 5.91 Å². The number of hydrogen-bond donors (Lipinski definition) is 2. The molecule has 2 N–H and O–H groups in total. The van der Waals surface area contributed by atoms with Gasteiger partial charge in [-0.15, -0.1) is 0 Å². The largest absolute Gasteiger partial charge is 0.354 e. The van der Waals surface area contributed by atoms with E-state index in [2.05, 4.69) is 22.5 Å². The fraction of sp³-hybridized carbons (Fsp3) is 0.923. The summed E-state index contributed by atoms with van der Waals surface area (Å²) in [4.78, 5) is 13.6. The fourth-order valence-electron chi connectivity index (χ4n) is 3.23. The summed E-state index contributed by atoms with van der Waals surface area (Å²) in [7, 11) is 0. The third-order valence-corrected chi connectivity index (χ3v) is 4.23. The molecule has 17 heavy (non-hydrogen) atoms. The molecule has 0 saturated carbocycles. The second-order valence-electron chi connectivity index (χ2n) is 5.40. The first kappa shape index (κ1) is 12.8. The maximum atomic E-state index is 11.0. The Kier molecular flexibility index (Phi) is 4.40. The average molecular weight is 239 g/mol. The number of hydrogen-bond acceptors (Lipinski definition) is 3. The molecular weight excluding hydrogens is 214 g/mol. The molecule has 2 aliphatic rings. The summed E-state index contributed by atoms with van der Waals surface area (Å²) in [6.45, 7) is 8.48. The monoisotopic (exact) mass is 239 g/mol. The van der Waals surface area contributed by atoms with Gasteiger partial charge in [-0.3, -0.25) is 9.69 Å². The van der Waals surface area contributed by atoms with Gasteiger partial charge in [0.05, 0.1) is 0 Å². The lowest BCUT2D eigenvalue weighted by atomic mass is 9.95. The van der Waals surface area contributed by atoms with Gasteiger partial charge >= 0.3 is 0 Å². The minimum atomic E-state index is 0.109. The van der Waals surface area contributed by atoms with Crippen LogP contribution in [-0.2, 0) is 4.79 Å². The van der Waals surface area contributed by atoms with E-state index < -0.39 is 0 Å². The Morgan fingerprint density at radius 2 is 2.06 bits per heavy atom. The van der Waals surface area contributed by atoms with Gasteiger partial charge in [0.2, 0.25) is 5.91 Å². The Bertz CT molecular complexity index is 261. The van der Waals surface area contributed by atoms with Gasteiger partial charge in [0.25, 0.3) is 0 Å². The maximum Gasteiger partial charge on any atom is 0.217 e. The van der Waals surface area contributed by atoms with Crippen LogP contribution in [0, 0.1) is 5.92 Å². The Balaban J connectivity index is 1.80. The van der Waals surface area contributed by atoms with Gasteiger partial charge in [0.15, 0.2) is 0 Å². The van der Waals surface area contributed by atoms with Crippen LogP contribution in [0.2, 0.25) is 0 Å². The van der Waals surface area contributed by atoms with Crippen molar-refractivity contribution in [2.24, 2.45) is 5.92 Å². The molecule has 0 aromatic carbocycles. The van der Waals surface area contributed by atoms with Crippen molar-refractivity contribution < 1.29 is 4.79 Å². The normalized spacial score (nSPS) is 31.6. The molecule has 0 aromatic rings. The van der Waals surface area contributed by atoms with E-state index in [1.165, 1.54) is 13.0 Å². The van der Waals surface area contributed by atoms with Crippen LogP contribution in [0.25, 0.3) is 0 Å². The molecule has 0 bridgehead atoms. The molecule has 0 radical (unpaired) electrons. The second kappa shape index (κ2) is 5.83. The zero-order valence-corrected chi connectivity index (χ0v) is 11.0. The molecule has 4 nitrogen and oxygen atoms in total. The van der Waals surface area contributed by atoms with Crippen molar-refractivity contribution in [3.8, 4) is 0 Å². The van der Waals surface area contributed by atoms with Crippen molar-refractivity contribution in [2.45, 2.75) is 45.2 Å². The molecule has 98 valence electrons. The molecule has 0 aromatic heterocycles. The molecule has 4 heteroatoms. The lowest BCUT2D eigenvalue weighted by Gasteiger charge is -2.38. The molecule has 2 unspecified atom stereocenters. The van der Waals surface area contributed by atoms with Crippen molar-refractivity contribution in [3.63, 3.8) is 0 Å². The Morgan fingerprint density at radius 3 is 2.65 bits per heavy atom. The maximum absolute atomic E-state index is 11.0. The first-order valence-corrected chi connectivity index (χ1v) is 6.92. The SMILES string of the molecule is CCC1CNCC1N1CCC(NC(C)=O)CC1. The highest BCUT2D eigenvalue weighted by molar-refractivity contribution is 5.73. The minimum Gasteiger partial charge on any atom is -0.354 e. The number of rotatable bonds is 3. The number of carbonyl (C=O) groups is 1. The molecular formula is C13H25N3O. The van der Waals surface area contributed by atoms with Crippen LogP contribution in [0.4, 0.5) is 0 Å². The van der Waals surface area contributed by atoms with E-state index in [1.807, 2.05) is 0 Å². The van der Waals surface area contributed by atoms with Gasteiger partial charge in [-0.25, -0.2) is 0 Å². The van der Waals surface area contributed by atoms with Gasteiger partial charge in [0.1, 0.15) is 0 Å². The lowest BCUT2D eigenvalue weighted by molar-refractivity contribution is -0.120. The van der Waals surface area contributed by atoms with E-state index in [9.17, 15) is 4.79 Å². The summed E-state index contributed by atoms with van der Waals surface area (Å²) in [5.74, 6) is 0.921. The number of nitrogens with one attached hydrogen (secondary N) is 2. The van der Waals surface area contributed by atoms with E-state index in [-0.39, 0.29) is 5.91 Å². The van der Waals surface area contributed by atoms with Crippen LogP contribution in [-0.4, -0.2) is 49.1 Å². The smallest absolute Gasteiger partial charge is 0.217 e. The molecule has 2 saturated heterocycles. The standard InChI is InChI=1S/C13H25N3O/c1-3-11-8-14-9-13(11)16-6-4-12(5-7-16)15-10(2)17/h11-14H,3-9H2,1-2H3,(H,15,17). The topological polar surface area (TPSA) is 44.4 Å². The number of likely N-dealkylation sites (tertiary alicyclic amines) is 1. The molecule has 2 rings (SSSR count). The Labute approximate surface area is 104 Å². The molecule has 0 aliphatic carbocycles. The van der Waals surface area contributed by atoms with Crippen LogP contribution >= 0.6 is 0 Å². The second-order valence-corrected chi connectivity index (χ2v) is 5.40. The van der Waals surface area contributed by atoms with Gasteiger partial charge in [-0.1, -0.05) is 13.3 Å². The highest BCUT2D eigenvalue weighted by atomic mass is 16.1. The van der Waals surface area contributed by atoms with E-state index in [4.69, 9.17) is 0 Å².